The van der Waals surface area contributed by atoms with Gasteiger partial charge < -0.3 is 10.2 Å². The van der Waals surface area contributed by atoms with E-state index >= 15 is 0 Å². The Labute approximate surface area is 112 Å². The third-order valence-electron chi connectivity index (χ3n) is 3.21. The van der Waals surface area contributed by atoms with Crippen LogP contribution in [0, 0.1) is 0 Å². The number of amides is 2. The molecule has 1 atom stereocenters. The molecule has 0 spiro atoms. The second-order valence-electron chi connectivity index (χ2n) is 4.75. The highest BCUT2D eigenvalue weighted by Gasteiger charge is 2.27. The zero-order valence-corrected chi connectivity index (χ0v) is 11.3. The first kappa shape index (κ1) is 13.5. The summed E-state index contributed by atoms with van der Waals surface area (Å²) in [6.45, 7) is 5.18. The minimum atomic E-state index is -0.123. The summed E-state index contributed by atoms with van der Waals surface area (Å²) < 4.78 is 1.81. The first-order valence-corrected chi connectivity index (χ1v) is 6.54. The maximum atomic E-state index is 12.0. The third kappa shape index (κ3) is 3.10. The van der Waals surface area contributed by atoms with Gasteiger partial charge >= 0.3 is 0 Å². The van der Waals surface area contributed by atoms with Gasteiger partial charge in [-0.3, -0.25) is 9.59 Å². The van der Waals surface area contributed by atoms with Crippen molar-refractivity contribution >= 4 is 11.8 Å². The lowest BCUT2D eigenvalue weighted by molar-refractivity contribution is -0.132. The van der Waals surface area contributed by atoms with Gasteiger partial charge in [0.05, 0.1) is 13.1 Å². The second kappa shape index (κ2) is 5.81. The Morgan fingerprint density at radius 1 is 1.47 bits per heavy atom. The van der Waals surface area contributed by atoms with Crippen LogP contribution in [0.2, 0.25) is 0 Å². The Morgan fingerprint density at radius 2 is 2.26 bits per heavy atom. The van der Waals surface area contributed by atoms with E-state index in [-0.39, 0.29) is 24.4 Å². The number of aryl methyl sites for hydroxylation is 1. The van der Waals surface area contributed by atoms with Crippen molar-refractivity contribution in [3.05, 3.63) is 12.2 Å². The van der Waals surface area contributed by atoms with E-state index in [1.807, 2.05) is 6.92 Å². The molecule has 1 fully saturated rings. The van der Waals surface area contributed by atoms with Crippen LogP contribution >= 0.6 is 0 Å². The minimum Gasteiger partial charge on any atom is -0.347 e. The largest absolute Gasteiger partial charge is 0.347 e. The van der Waals surface area contributed by atoms with Gasteiger partial charge in [0.15, 0.2) is 0 Å². The Hall–Kier alpha value is -1.92. The van der Waals surface area contributed by atoms with E-state index in [4.69, 9.17) is 0 Å². The number of carbonyl (C=O) groups is 2. The lowest BCUT2D eigenvalue weighted by atomic mass is 10.2. The topological polar surface area (TPSA) is 80.1 Å². The maximum absolute atomic E-state index is 12.0. The summed E-state index contributed by atoms with van der Waals surface area (Å²) in [5.41, 5.74) is 0. The highest BCUT2D eigenvalue weighted by molar-refractivity contribution is 5.87. The van der Waals surface area contributed by atoms with Gasteiger partial charge in [-0.2, -0.15) is 5.10 Å². The van der Waals surface area contributed by atoms with Gasteiger partial charge in [0.2, 0.25) is 11.8 Å². The number of nitrogens with zero attached hydrogens (tertiary/aromatic N) is 4. The molecule has 7 heteroatoms. The monoisotopic (exact) mass is 265 g/mol. The molecule has 0 aliphatic carbocycles. The summed E-state index contributed by atoms with van der Waals surface area (Å²) in [6, 6.07) is -0.123. The van der Waals surface area contributed by atoms with Crippen molar-refractivity contribution in [2.24, 2.45) is 0 Å². The van der Waals surface area contributed by atoms with Gasteiger partial charge in [-0.25, -0.2) is 9.67 Å². The minimum absolute atomic E-state index is 0.0606. The van der Waals surface area contributed by atoms with E-state index in [1.54, 1.807) is 9.58 Å². The smallest absolute Gasteiger partial charge is 0.242 e. The fourth-order valence-electron chi connectivity index (χ4n) is 2.18. The van der Waals surface area contributed by atoms with Crippen LogP contribution in [0.1, 0.15) is 32.5 Å². The molecule has 1 saturated heterocycles. The molecule has 7 nitrogen and oxygen atoms in total. The Bertz CT molecular complexity index is 470. The van der Waals surface area contributed by atoms with Crippen LogP contribution in [0.4, 0.5) is 0 Å². The lowest BCUT2D eigenvalue weighted by Gasteiger charge is -2.25. The summed E-state index contributed by atoms with van der Waals surface area (Å²) in [5.74, 6) is 0.596. The maximum Gasteiger partial charge on any atom is 0.242 e. The van der Waals surface area contributed by atoms with Gasteiger partial charge in [0, 0.05) is 19.0 Å². The van der Waals surface area contributed by atoms with Gasteiger partial charge in [-0.1, -0.05) is 6.92 Å². The molecule has 19 heavy (non-hydrogen) atoms. The van der Waals surface area contributed by atoms with Crippen molar-refractivity contribution < 1.29 is 9.59 Å². The highest BCUT2D eigenvalue weighted by Crippen LogP contribution is 2.12. The molecule has 0 radical (unpaired) electrons. The summed E-state index contributed by atoms with van der Waals surface area (Å²) in [6.07, 6.45) is 2.79. The Morgan fingerprint density at radius 3 is 3.00 bits per heavy atom. The Balaban J connectivity index is 2.13. The first-order valence-electron chi connectivity index (χ1n) is 6.54. The van der Waals surface area contributed by atoms with E-state index in [0.29, 0.717) is 13.0 Å². The van der Waals surface area contributed by atoms with Gasteiger partial charge in [-0.05, 0) is 13.3 Å². The van der Waals surface area contributed by atoms with Crippen molar-refractivity contribution in [2.75, 3.05) is 6.54 Å². The molecule has 2 heterocycles. The van der Waals surface area contributed by atoms with Crippen LogP contribution in [0.25, 0.3) is 0 Å². The summed E-state index contributed by atoms with van der Waals surface area (Å²) >= 11 is 0. The zero-order valence-electron chi connectivity index (χ0n) is 11.3. The molecule has 1 aliphatic heterocycles. The van der Waals surface area contributed by atoms with Gasteiger partial charge in [0.25, 0.3) is 0 Å². The van der Waals surface area contributed by atoms with Crippen LogP contribution < -0.4 is 5.32 Å². The summed E-state index contributed by atoms with van der Waals surface area (Å²) in [5, 5.41) is 6.75. The van der Waals surface area contributed by atoms with Crippen LogP contribution in [0.15, 0.2) is 6.33 Å². The molecular weight excluding hydrogens is 246 g/mol. The van der Waals surface area contributed by atoms with Crippen molar-refractivity contribution in [3.63, 3.8) is 0 Å². The van der Waals surface area contributed by atoms with Crippen LogP contribution in [-0.2, 0) is 22.7 Å². The Kier molecular flexibility index (Phi) is 4.13. The zero-order chi connectivity index (χ0) is 13.8. The highest BCUT2D eigenvalue weighted by atomic mass is 16.2. The quantitative estimate of drug-likeness (QED) is 0.826. The molecule has 2 rings (SSSR count). The van der Waals surface area contributed by atoms with Crippen molar-refractivity contribution in [2.45, 2.75) is 45.8 Å². The summed E-state index contributed by atoms with van der Waals surface area (Å²) in [7, 11) is 0. The molecule has 1 aromatic heterocycles. The number of carbonyl (C=O) groups excluding carboxylic acids is 2. The number of aromatic nitrogens is 3. The molecule has 0 aromatic carbocycles. The third-order valence-corrected chi connectivity index (χ3v) is 3.21. The van der Waals surface area contributed by atoms with Crippen LogP contribution in [0.5, 0.6) is 0 Å². The van der Waals surface area contributed by atoms with E-state index in [0.717, 1.165) is 18.8 Å². The fourth-order valence-corrected chi connectivity index (χ4v) is 2.18. The van der Waals surface area contributed by atoms with Gasteiger partial charge in [-0.15, -0.1) is 0 Å². The average molecular weight is 265 g/mol. The van der Waals surface area contributed by atoms with Crippen molar-refractivity contribution in [1.29, 1.82) is 0 Å². The first-order chi connectivity index (χ1) is 9.11. The number of nitrogens with one attached hydrogen (secondary N) is 1. The molecular formula is C12H19N5O2. The lowest BCUT2D eigenvalue weighted by Crippen LogP contribution is -2.39. The van der Waals surface area contributed by atoms with E-state index in [2.05, 4.69) is 22.3 Å². The molecule has 0 saturated carbocycles. The molecule has 1 unspecified atom stereocenters. The van der Waals surface area contributed by atoms with Crippen LogP contribution in [0.3, 0.4) is 0 Å². The van der Waals surface area contributed by atoms with E-state index < -0.39 is 0 Å². The average Bonchev–Trinajstić information content (AvgIpc) is 2.76. The fraction of sp³-hybridized carbons (Fsp3) is 0.667. The molecule has 1 aliphatic rings. The molecule has 1 N–H and O–H groups in total. The van der Waals surface area contributed by atoms with E-state index in [9.17, 15) is 9.59 Å². The SMILES string of the molecule is CCCn1ncnc1CN1C(=O)CNC(=O)CC1C. The number of hydrogen-bond donors (Lipinski definition) is 1. The van der Waals surface area contributed by atoms with Crippen LogP contribution in [-0.4, -0.2) is 44.1 Å². The second-order valence-corrected chi connectivity index (χ2v) is 4.75. The van der Waals surface area contributed by atoms with E-state index in [1.165, 1.54) is 6.33 Å². The standard InChI is InChI=1S/C12H19N5O2/c1-3-4-17-10(14-8-15-17)7-16-9(2)5-11(18)13-6-12(16)19/h8-9H,3-7H2,1-2H3,(H,13,18). The normalized spacial score (nSPS) is 20.3. The molecule has 1 aromatic rings. The predicted molar refractivity (Wildman–Crippen MR) is 68.0 cm³/mol. The molecule has 0 bridgehead atoms. The predicted octanol–water partition coefficient (Wildman–Crippen LogP) is -0.0749. The van der Waals surface area contributed by atoms with Gasteiger partial charge in [0.1, 0.15) is 12.2 Å². The number of hydrogen-bond acceptors (Lipinski definition) is 4. The van der Waals surface area contributed by atoms with Crippen molar-refractivity contribution in [1.82, 2.24) is 25.0 Å². The number of rotatable bonds is 4. The van der Waals surface area contributed by atoms with Crippen molar-refractivity contribution in [3.8, 4) is 0 Å². The molecule has 2 amide bonds. The molecule has 104 valence electrons. The summed E-state index contributed by atoms with van der Waals surface area (Å²) in [4.78, 5) is 29.3.